The highest BCUT2D eigenvalue weighted by Crippen LogP contribution is 2.28. The van der Waals surface area contributed by atoms with Gasteiger partial charge in [-0.3, -0.25) is 4.79 Å². The van der Waals surface area contributed by atoms with Crippen LogP contribution in [0, 0.1) is 11.8 Å². The minimum Gasteiger partial charge on any atom is -0.388 e. The van der Waals surface area contributed by atoms with Crippen LogP contribution in [0.15, 0.2) is 0 Å². The molecule has 1 amide bonds. The lowest BCUT2D eigenvalue weighted by atomic mass is 9.96. The largest absolute Gasteiger partial charge is 0.388 e. The first kappa shape index (κ1) is 11.9. The molecule has 1 saturated heterocycles. The van der Waals surface area contributed by atoms with Crippen molar-refractivity contribution in [3.63, 3.8) is 0 Å². The number of carbonyl (C=O) groups is 1. The standard InChI is InChI=1S/C12H22N2O2/c1-9-6-13-7-10(9)11(15)14-8-12(16)4-2-3-5-12/h9-10,13,16H,2-8H2,1H3,(H,14,15)/t9-,10-/m1/s1. The van der Waals surface area contributed by atoms with Gasteiger partial charge >= 0.3 is 0 Å². The second kappa shape index (κ2) is 4.72. The topological polar surface area (TPSA) is 61.4 Å². The van der Waals surface area contributed by atoms with Crippen molar-refractivity contribution in [2.75, 3.05) is 19.6 Å². The van der Waals surface area contributed by atoms with E-state index >= 15 is 0 Å². The molecular weight excluding hydrogens is 204 g/mol. The summed E-state index contributed by atoms with van der Waals surface area (Å²) >= 11 is 0. The molecule has 0 unspecified atom stereocenters. The van der Waals surface area contributed by atoms with E-state index in [0.717, 1.165) is 38.8 Å². The molecule has 2 atom stereocenters. The highest BCUT2D eigenvalue weighted by atomic mass is 16.3. The zero-order valence-corrected chi connectivity index (χ0v) is 9.96. The van der Waals surface area contributed by atoms with Crippen molar-refractivity contribution in [3.8, 4) is 0 Å². The van der Waals surface area contributed by atoms with E-state index in [1.807, 2.05) is 0 Å². The number of hydrogen-bond donors (Lipinski definition) is 3. The summed E-state index contributed by atoms with van der Waals surface area (Å²) in [6, 6.07) is 0. The van der Waals surface area contributed by atoms with Gasteiger partial charge in [0.1, 0.15) is 0 Å². The van der Waals surface area contributed by atoms with Crippen LogP contribution in [0.3, 0.4) is 0 Å². The third-order valence-corrected chi connectivity index (χ3v) is 3.98. The molecule has 1 saturated carbocycles. The van der Waals surface area contributed by atoms with E-state index in [4.69, 9.17) is 0 Å². The smallest absolute Gasteiger partial charge is 0.224 e. The Morgan fingerprint density at radius 3 is 2.69 bits per heavy atom. The maximum Gasteiger partial charge on any atom is 0.224 e. The molecule has 4 nitrogen and oxygen atoms in total. The normalized spacial score (nSPS) is 32.9. The average molecular weight is 226 g/mol. The number of carbonyl (C=O) groups excluding carboxylic acids is 1. The van der Waals surface area contributed by atoms with Gasteiger partial charge in [0, 0.05) is 13.1 Å². The highest BCUT2D eigenvalue weighted by Gasteiger charge is 2.34. The fourth-order valence-electron chi connectivity index (χ4n) is 2.75. The number of hydrogen-bond acceptors (Lipinski definition) is 3. The van der Waals surface area contributed by atoms with Gasteiger partial charge in [0.15, 0.2) is 0 Å². The van der Waals surface area contributed by atoms with Crippen molar-refractivity contribution in [2.24, 2.45) is 11.8 Å². The van der Waals surface area contributed by atoms with Crippen LogP contribution in [0.4, 0.5) is 0 Å². The molecule has 92 valence electrons. The van der Waals surface area contributed by atoms with E-state index in [1.54, 1.807) is 0 Å². The average Bonchev–Trinajstić information content (AvgIpc) is 2.85. The lowest BCUT2D eigenvalue weighted by Crippen LogP contribution is -2.44. The van der Waals surface area contributed by atoms with Gasteiger partial charge in [0.05, 0.1) is 11.5 Å². The number of rotatable bonds is 3. The molecule has 0 spiro atoms. The predicted octanol–water partition coefficient (Wildman–Crippen LogP) is 0.263. The molecule has 16 heavy (non-hydrogen) atoms. The summed E-state index contributed by atoms with van der Waals surface area (Å²) in [7, 11) is 0. The van der Waals surface area contributed by atoms with Crippen molar-refractivity contribution >= 4 is 5.91 Å². The first-order valence-electron chi connectivity index (χ1n) is 6.31. The zero-order chi connectivity index (χ0) is 11.6. The minimum absolute atomic E-state index is 0.0741. The molecule has 0 radical (unpaired) electrons. The first-order valence-corrected chi connectivity index (χ1v) is 6.31. The minimum atomic E-state index is -0.634. The Labute approximate surface area is 96.8 Å². The van der Waals surface area contributed by atoms with Gasteiger partial charge in [0.25, 0.3) is 0 Å². The fourth-order valence-corrected chi connectivity index (χ4v) is 2.75. The number of nitrogens with one attached hydrogen (secondary N) is 2. The Kier molecular flexibility index (Phi) is 3.50. The number of amides is 1. The molecule has 0 bridgehead atoms. The third kappa shape index (κ3) is 2.55. The van der Waals surface area contributed by atoms with Crippen molar-refractivity contribution in [2.45, 2.75) is 38.2 Å². The summed E-state index contributed by atoms with van der Waals surface area (Å²) in [5.41, 5.74) is -0.634. The van der Waals surface area contributed by atoms with Crippen LogP contribution in [0.5, 0.6) is 0 Å². The molecule has 3 N–H and O–H groups in total. The van der Waals surface area contributed by atoms with E-state index in [-0.39, 0.29) is 11.8 Å². The van der Waals surface area contributed by atoms with Gasteiger partial charge in [-0.25, -0.2) is 0 Å². The lowest BCUT2D eigenvalue weighted by molar-refractivity contribution is -0.126. The predicted molar refractivity (Wildman–Crippen MR) is 62.0 cm³/mol. The van der Waals surface area contributed by atoms with Crippen LogP contribution in [0.25, 0.3) is 0 Å². The van der Waals surface area contributed by atoms with Crippen LogP contribution >= 0.6 is 0 Å². The molecule has 0 aromatic carbocycles. The van der Waals surface area contributed by atoms with Crippen LogP contribution in [-0.4, -0.2) is 36.2 Å². The summed E-state index contributed by atoms with van der Waals surface area (Å²) in [6.45, 7) is 4.21. The maximum absolute atomic E-state index is 11.9. The fraction of sp³-hybridized carbons (Fsp3) is 0.917. The zero-order valence-electron chi connectivity index (χ0n) is 9.96. The van der Waals surface area contributed by atoms with Crippen LogP contribution in [0.1, 0.15) is 32.6 Å². The van der Waals surface area contributed by atoms with Crippen LogP contribution in [0.2, 0.25) is 0 Å². The summed E-state index contributed by atoms with van der Waals surface area (Å²) in [6.07, 6.45) is 3.80. The van der Waals surface area contributed by atoms with Crippen molar-refractivity contribution < 1.29 is 9.90 Å². The van der Waals surface area contributed by atoms with E-state index in [0.29, 0.717) is 12.5 Å². The van der Waals surface area contributed by atoms with Gasteiger partial charge in [-0.15, -0.1) is 0 Å². The van der Waals surface area contributed by atoms with Crippen molar-refractivity contribution in [1.29, 1.82) is 0 Å². The summed E-state index contributed by atoms with van der Waals surface area (Å²) in [5, 5.41) is 16.2. The SMILES string of the molecule is C[C@@H]1CNC[C@H]1C(=O)NCC1(O)CCCC1. The molecule has 0 aromatic heterocycles. The Morgan fingerprint density at radius 2 is 2.12 bits per heavy atom. The van der Waals surface area contributed by atoms with Crippen LogP contribution < -0.4 is 10.6 Å². The Bertz CT molecular complexity index is 262. The molecule has 2 rings (SSSR count). The Hall–Kier alpha value is -0.610. The molecular formula is C12H22N2O2. The van der Waals surface area contributed by atoms with Gasteiger partial charge in [0.2, 0.25) is 5.91 Å². The molecule has 1 aliphatic carbocycles. The van der Waals surface area contributed by atoms with Crippen LogP contribution in [-0.2, 0) is 4.79 Å². The summed E-state index contributed by atoms with van der Waals surface area (Å²) in [4.78, 5) is 11.9. The van der Waals surface area contributed by atoms with Crippen molar-refractivity contribution in [1.82, 2.24) is 10.6 Å². The second-order valence-electron chi connectivity index (χ2n) is 5.39. The van der Waals surface area contributed by atoms with E-state index in [1.165, 1.54) is 0 Å². The molecule has 0 aromatic rings. The molecule has 2 aliphatic rings. The second-order valence-corrected chi connectivity index (χ2v) is 5.39. The third-order valence-electron chi connectivity index (χ3n) is 3.98. The van der Waals surface area contributed by atoms with Gasteiger partial charge in [-0.1, -0.05) is 19.8 Å². The van der Waals surface area contributed by atoms with E-state index < -0.39 is 5.60 Å². The highest BCUT2D eigenvalue weighted by molar-refractivity contribution is 5.79. The van der Waals surface area contributed by atoms with E-state index in [9.17, 15) is 9.90 Å². The number of aliphatic hydroxyl groups is 1. The molecule has 4 heteroatoms. The van der Waals surface area contributed by atoms with Gasteiger partial charge in [-0.2, -0.15) is 0 Å². The molecule has 2 fully saturated rings. The Balaban J connectivity index is 1.79. The van der Waals surface area contributed by atoms with Gasteiger partial charge in [-0.05, 0) is 25.3 Å². The van der Waals surface area contributed by atoms with E-state index in [2.05, 4.69) is 17.6 Å². The lowest BCUT2D eigenvalue weighted by Gasteiger charge is -2.24. The molecule has 1 aliphatic heterocycles. The summed E-state index contributed by atoms with van der Waals surface area (Å²) < 4.78 is 0. The molecule has 1 heterocycles. The quantitative estimate of drug-likeness (QED) is 0.647. The Morgan fingerprint density at radius 1 is 1.44 bits per heavy atom. The monoisotopic (exact) mass is 226 g/mol. The summed E-state index contributed by atoms with van der Waals surface area (Å²) in [5.74, 6) is 0.570. The first-order chi connectivity index (χ1) is 7.61. The van der Waals surface area contributed by atoms with Gasteiger partial charge < -0.3 is 15.7 Å². The maximum atomic E-state index is 11.9. The van der Waals surface area contributed by atoms with Crippen molar-refractivity contribution in [3.05, 3.63) is 0 Å².